The first-order valence-corrected chi connectivity index (χ1v) is 8.95. The van der Waals surface area contributed by atoms with E-state index in [-0.39, 0.29) is 6.04 Å². The van der Waals surface area contributed by atoms with Gasteiger partial charge in [0.25, 0.3) is 0 Å². The van der Waals surface area contributed by atoms with Crippen LogP contribution in [-0.4, -0.2) is 32.4 Å². The van der Waals surface area contributed by atoms with E-state index in [9.17, 15) is 0 Å². The van der Waals surface area contributed by atoms with E-state index in [4.69, 9.17) is 19.2 Å². The minimum Gasteiger partial charge on any atom is -0.496 e. The van der Waals surface area contributed by atoms with Crippen LogP contribution in [0.2, 0.25) is 0 Å². The first kappa shape index (κ1) is 18.8. The minimum atomic E-state index is 0.258. The fraction of sp³-hybridized carbons (Fsp3) is 0.318. The zero-order valence-corrected chi connectivity index (χ0v) is 16.7. The van der Waals surface area contributed by atoms with E-state index in [1.54, 1.807) is 21.3 Å². The minimum absolute atomic E-state index is 0.258. The van der Waals surface area contributed by atoms with Crippen molar-refractivity contribution in [2.45, 2.75) is 26.8 Å². The molecule has 0 radical (unpaired) electrons. The summed E-state index contributed by atoms with van der Waals surface area (Å²) in [6.07, 6.45) is 1.87. The van der Waals surface area contributed by atoms with E-state index in [0.717, 1.165) is 39.0 Å². The van der Waals surface area contributed by atoms with E-state index in [2.05, 4.69) is 32.2 Å². The Kier molecular flexibility index (Phi) is 5.40. The summed E-state index contributed by atoms with van der Waals surface area (Å²) in [5.41, 5.74) is 3.05. The number of benzene rings is 2. The molecule has 3 rings (SSSR count). The standard InChI is InChI=1S/C22H26N2O3/c1-13(2)24-22-15-8-10-19(26-5)21(27-6)20(15)17(12-23-22)16-11-14(3)7-9-18(16)25-4/h7-13H,1-6H3,(H,23,24). The van der Waals surface area contributed by atoms with Crippen LogP contribution >= 0.6 is 0 Å². The molecule has 0 unspecified atom stereocenters. The molecule has 27 heavy (non-hydrogen) atoms. The van der Waals surface area contributed by atoms with Crippen molar-refractivity contribution < 1.29 is 14.2 Å². The van der Waals surface area contributed by atoms with Gasteiger partial charge >= 0.3 is 0 Å². The molecule has 2 aromatic carbocycles. The molecular weight excluding hydrogens is 340 g/mol. The molecular formula is C22H26N2O3. The number of rotatable bonds is 6. The molecule has 0 saturated heterocycles. The molecule has 0 spiro atoms. The highest BCUT2D eigenvalue weighted by molar-refractivity contribution is 6.07. The Balaban J connectivity index is 2.42. The summed E-state index contributed by atoms with van der Waals surface area (Å²) in [4.78, 5) is 4.70. The second-order valence-corrected chi connectivity index (χ2v) is 6.75. The number of hydrogen-bond acceptors (Lipinski definition) is 5. The monoisotopic (exact) mass is 366 g/mol. The third kappa shape index (κ3) is 3.50. The molecule has 5 heteroatoms. The number of methoxy groups -OCH3 is 3. The van der Waals surface area contributed by atoms with Crippen LogP contribution in [0.1, 0.15) is 19.4 Å². The summed E-state index contributed by atoms with van der Waals surface area (Å²) in [5, 5.41) is 5.33. The topological polar surface area (TPSA) is 52.6 Å². The summed E-state index contributed by atoms with van der Waals surface area (Å²) in [6, 6.07) is 10.3. The lowest BCUT2D eigenvalue weighted by molar-refractivity contribution is 0.358. The molecule has 0 fully saturated rings. The predicted molar refractivity (Wildman–Crippen MR) is 110 cm³/mol. The molecule has 0 atom stereocenters. The molecule has 1 aromatic heterocycles. The van der Waals surface area contributed by atoms with Gasteiger partial charge in [0.15, 0.2) is 11.5 Å². The number of ether oxygens (including phenoxy) is 3. The summed E-state index contributed by atoms with van der Waals surface area (Å²) >= 11 is 0. The Morgan fingerprint density at radius 1 is 0.889 bits per heavy atom. The molecule has 1 heterocycles. The van der Waals surface area contributed by atoms with Gasteiger partial charge in [-0.25, -0.2) is 4.98 Å². The van der Waals surface area contributed by atoms with Crippen LogP contribution in [0.25, 0.3) is 21.9 Å². The Morgan fingerprint density at radius 2 is 1.59 bits per heavy atom. The molecule has 0 aliphatic carbocycles. The second-order valence-electron chi connectivity index (χ2n) is 6.75. The third-order valence-corrected chi connectivity index (χ3v) is 4.46. The Hall–Kier alpha value is -2.95. The highest BCUT2D eigenvalue weighted by Crippen LogP contribution is 2.45. The van der Waals surface area contributed by atoms with Crippen LogP contribution in [0.15, 0.2) is 36.5 Å². The number of hydrogen-bond donors (Lipinski definition) is 1. The maximum Gasteiger partial charge on any atom is 0.169 e. The van der Waals surface area contributed by atoms with E-state index in [0.29, 0.717) is 11.5 Å². The van der Waals surface area contributed by atoms with Crippen LogP contribution in [0.3, 0.4) is 0 Å². The van der Waals surface area contributed by atoms with Crippen molar-refractivity contribution >= 4 is 16.6 Å². The third-order valence-electron chi connectivity index (χ3n) is 4.46. The Labute approximate surface area is 160 Å². The number of nitrogens with zero attached hydrogens (tertiary/aromatic N) is 1. The molecule has 5 nitrogen and oxygen atoms in total. The largest absolute Gasteiger partial charge is 0.496 e. The molecule has 3 aromatic rings. The van der Waals surface area contributed by atoms with E-state index in [1.165, 1.54) is 0 Å². The van der Waals surface area contributed by atoms with Gasteiger partial charge in [-0.2, -0.15) is 0 Å². The molecule has 0 saturated carbocycles. The fourth-order valence-corrected chi connectivity index (χ4v) is 3.28. The van der Waals surface area contributed by atoms with Crippen LogP contribution in [0.4, 0.5) is 5.82 Å². The van der Waals surface area contributed by atoms with Gasteiger partial charge in [0, 0.05) is 34.1 Å². The van der Waals surface area contributed by atoms with Gasteiger partial charge in [0.1, 0.15) is 11.6 Å². The number of aryl methyl sites for hydroxylation is 1. The summed E-state index contributed by atoms with van der Waals surface area (Å²) < 4.78 is 16.9. The first-order valence-electron chi connectivity index (χ1n) is 8.95. The molecule has 1 N–H and O–H groups in total. The van der Waals surface area contributed by atoms with Crippen LogP contribution in [0, 0.1) is 6.92 Å². The average Bonchev–Trinajstić information content (AvgIpc) is 2.66. The maximum atomic E-state index is 5.75. The normalized spacial score (nSPS) is 10.9. The number of nitrogens with one attached hydrogen (secondary N) is 1. The van der Waals surface area contributed by atoms with Gasteiger partial charge in [0.05, 0.1) is 21.3 Å². The number of aromatic nitrogens is 1. The number of pyridine rings is 1. The van der Waals surface area contributed by atoms with Crippen molar-refractivity contribution in [2.24, 2.45) is 0 Å². The second kappa shape index (κ2) is 7.74. The van der Waals surface area contributed by atoms with Gasteiger partial charge in [-0.05, 0) is 45.0 Å². The van der Waals surface area contributed by atoms with Gasteiger partial charge in [-0.1, -0.05) is 11.6 Å². The van der Waals surface area contributed by atoms with Crippen LogP contribution < -0.4 is 19.5 Å². The summed E-state index contributed by atoms with van der Waals surface area (Å²) in [7, 11) is 4.98. The molecule has 0 aliphatic heterocycles. The van der Waals surface area contributed by atoms with E-state index < -0.39 is 0 Å². The molecule has 0 bridgehead atoms. The lowest BCUT2D eigenvalue weighted by Crippen LogP contribution is -2.11. The lowest BCUT2D eigenvalue weighted by Gasteiger charge is -2.19. The SMILES string of the molecule is COc1ccc(C)cc1-c1cnc(NC(C)C)c2ccc(OC)c(OC)c12. The van der Waals surface area contributed by atoms with Gasteiger partial charge < -0.3 is 19.5 Å². The number of fused-ring (bicyclic) bond motifs is 1. The van der Waals surface area contributed by atoms with Crippen LogP contribution in [-0.2, 0) is 0 Å². The summed E-state index contributed by atoms with van der Waals surface area (Å²) in [5.74, 6) is 2.97. The molecule has 142 valence electrons. The van der Waals surface area contributed by atoms with Gasteiger partial charge in [0.2, 0.25) is 0 Å². The van der Waals surface area contributed by atoms with Crippen LogP contribution in [0.5, 0.6) is 17.2 Å². The fourth-order valence-electron chi connectivity index (χ4n) is 3.28. The van der Waals surface area contributed by atoms with Crippen molar-refractivity contribution in [3.8, 4) is 28.4 Å². The summed E-state index contributed by atoms with van der Waals surface area (Å²) in [6.45, 7) is 6.24. The number of anilines is 1. The lowest BCUT2D eigenvalue weighted by atomic mass is 9.97. The predicted octanol–water partition coefficient (Wildman–Crippen LogP) is 5.06. The quantitative estimate of drug-likeness (QED) is 0.661. The first-order chi connectivity index (χ1) is 13.0. The molecule has 0 amide bonds. The van der Waals surface area contributed by atoms with Crippen molar-refractivity contribution in [1.29, 1.82) is 0 Å². The van der Waals surface area contributed by atoms with Crippen molar-refractivity contribution in [2.75, 3.05) is 26.6 Å². The van der Waals surface area contributed by atoms with Crippen molar-refractivity contribution in [3.63, 3.8) is 0 Å². The molecule has 0 aliphatic rings. The maximum absolute atomic E-state index is 5.75. The van der Waals surface area contributed by atoms with Crippen molar-refractivity contribution in [1.82, 2.24) is 4.98 Å². The van der Waals surface area contributed by atoms with E-state index in [1.807, 2.05) is 30.5 Å². The highest BCUT2D eigenvalue weighted by Gasteiger charge is 2.19. The van der Waals surface area contributed by atoms with Crippen molar-refractivity contribution in [3.05, 3.63) is 42.1 Å². The van der Waals surface area contributed by atoms with E-state index >= 15 is 0 Å². The zero-order valence-electron chi connectivity index (χ0n) is 16.7. The Bertz CT molecular complexity index is 967. The Morgan fingerprint density at radius 3 is 2.22 bits per heavy atom. The highest BCUT2D eigenvalue weighted by atomic mass is 16.5. The zero-order chi connectivity index (χ0) is 19.6. The van der Waals surface area contributed by atoms with Gasteiger partial charge in [-0.15, -0.1) is 0 Å². The smallest absolute Gasteiger partial charge is 0.169 e. The van der Waals surface area contributed by atoms with Gasteiger partial charge in [-0.3, -0.25) is 0 Å². The average molecular weight is 366 g/mol.